The highest BCUT2D eigenvalue weighted by Gasteiger charge is 2.11. The minimum absolute atomic E-state index is 0.0328. The number of hydrogen-bond acceptors (Lipinski definition) is 6. The van der Waals surface area contributed by atoms with E-state index < -0.39 is 5.82 Å². The first-order valence-electron chi connectivity index (χ1n) is 9.49. The molecule has 1 aromatic heterocycles. The summed E-state index contributed by atoms with van der Waals surface area (Å²) in [4.78, 5) is 20.5. The number of benzene rings is 3. The van der Waals surface area contributed by atoms with Crippen LogP contribution in [-0.2, 0) is 0 Å². The molecule has 0 aliphatic heterocycles. The molecule has 1 amide bonds. The molecule has 0 saturated heterocycles. The molecule has 4 aromatic rings. The van der Waals surface area contributed by atoms with Crippen LogP contribution in [0.25, 0.3) is 0 Å². The molecule has 0 bridgehead atoms. The molecule has 0 spiro atoms. The number of aromatic hydroxyl groups is 1. The van der Waals surface area contributed by atoms with Gasteiger partial charge in [0.15, 0.2) is 11.6 Å². The van der Waals surface area contributed by atoms with E-state index in [9.17, 15) is 14.3 Å². The zero-order valence-electron chi connectivity index (χ0n) is 16.5. The van der Waals surface area contributed by atoms with E-state index in [1.165, 1.54) is 12.1 Å². The first kappa shape index (κ1) is 21.1. The van der Waals surface area contributed by atoms with Gasteiger partial charge in [0.2, 0.25) is 5.95 Å². The highest BCUT2D eigenvalue weighted by Crippen LogP contribution is 2.23. The van der Waals surface area contributed by atoms with Crippen molar-refractivity contribution in [1.82, 2.24) is 9.97 Å². The van der Waals surface area contributed by atoms with Crippen LogP contribution < -0.4 is 16.0 Å². The Balaban J connectivity index is 1.45. The molecule has 0 aliphatic rings. The Hall–Kier alpha value is -4.17. The molecule has 160 valence electrons. The summed E-state index contributed by atoms with van der Waals surface area (Å²) in [5.41, 5.74) is 2.09. The van der Waals surface area contributed by atoms with Gasteiger partial charge >= 0.3 is 0 Å². The van der Waals surface area contributed by atoms with Crippen LogP contribution in [0.1, 0.15) is 10.4 Å². The molecule has 3 aromatic carbocycles. The van der Waals surface area contributed by atoms with Crippen molar-refractivity contribution in [3.8, 4) is 5.75 Å². The lowest BCUT2D eigenvalue weighted by Gasteiger charge is -2.11. The molecular weight excluding hydrogens is 433 g/mol. The highest BCUT2D eigenvalue weighted by molar-refractivity contribution is 6.33. The molecule has 0 radical (unpaired) electrons. The van der Waals surface area contributed by atoms with Crippen LogP contribution in [0.3, 0.4) is 0 Å². The van der Waals surface area contributed by atoms with Gasteiger partial charge < -0.3 is 21.1 Å². The topological polar surface area (TPSA) is 99.2 Å². The molecular formula is C23H17ClFN5O2. The van der Waals surface area contributed by atoms with Crippen LogP contribution in [0.5, 0.6) is 5.75 Å². The summed E-state index contributed by atoms with van der Waals surface area (Å²) in [6.45, 7) is 0. The van der Waals surface area contributed by atoms with Crippen molar-refractivity contribution in [3.05, 3.63) is 95.4 Å². The fourth-order valence-corrected chi connectivity index (χ4v) is 2.97. The second-order valence-corrected chi connectivity index (χ2v) is 7.11. The van der Waals surface area contributed by atoms with Crippen molar-refractivity contribution in [2.75, 3.05) is 16.0 Å². The van der Waals surface area contributed by atoms with E-state index in [2.05, 4.69) is 25.9 Å². The van der Waals surface area contributed by atoms with E-state index in [0.29, 0.717) is 27.6 Å². The van der Waals surface area contributed by atoms with Crippen LogP contribution in [0.2, 0.25) is 5.02 Å². The van der Waals surface area contributed by atoms with Crippen molar-refractivity contribution in [2.45, 2.75) is 0 Å². The number of aromatic nitrogens is 2. The normalized spacial score (nSPS) is 10.4. The molecule has 7 nitrogen and oxygen atoms in total. The lowest BCUT2D eigenvalue weighted by atomic mass is 10.2. The summed E-state index contributed by atoms with van der Waals surface area (Å²) in [6.07, 6.45) is 1.05. The summed E-state index contributed by atoms with van der Waals surface area (Å²) in [7, 11) is 0. The van der Waals surface area contributed by atoms with Crippen LogP contribution in [0.15, 0.2) is 79.0 Å². The smallest absolute Gasteiger partial charge is 0.255 e. The van der Waals surface area contributed by atoms with Crippen LogP contribution in [0.4, 0.5) is 33.2 Å². The fourth-order valence-electron chi connectivity index (χ4n) is 2.79. The number of rotatable bonds is 6. The number of nitrogens with zero attached hydrogens (tertiary/aromatic N) is 2. The monoisotopic (exact) mass is 449 g/mol. The second-order valence-electron chi connectivity index (χ2n) is 6.70. The largest absolute Gasteiger partial charge is 0.508 e. The van der Waals surface area contributed by atoms with E-state index in [0.717, 1.165) is 6.20 Å². The van der Waals surface area contributed by atoms with E-state index in [1.54, 1.807) is 60.7 Å². The Morgan fingerprint density at radius 1 is 0.906 bits per heavy atom. The average molecular weight is 450 g/mol. The molecule has 0 unspecified atom stereocenters. The highest BCUT2D eigenvalue weighted by atomic mass is 35.5. The number of carbonyl (C=O) groups is 1. The fraction of sp³-hybridized carbons (Fsp3) is 0. The average Bonchev–Trinajstić information content (AvgIpc) is 2.79. The SMILES string of the molecule is O=C(Nc1ccccc1Cl)c1ccc(Nc2nc(Nc3ccc(O)cc3)ncc2F)cc1. The lowest BCUT2D eigenvalue weighted by molar-refractivity contribution is 0.102. The van der Waals surface area contributed by atoms with Gasteiger partial charge in [-0.25, -0.2) is 9.37 Å². The first-order valence-corrected chi connectivity index (χ1v) is 9.87. The number of para-hydroxylation sites is 1. The maximum absolute atomic E-state index is 14.2. The zero-order valence-corrected chi connectivity index (χ0v) is 17.3. The summed E-state index contributed by atoms with van der Waals surface area (Å²) in [5.74, 6) is -0.688. The predicted molar refractivity (Wildman–Crippen MR) is 123 cm³/mol. The lowest BCUT2D eigenvalue weighted by Crippen LogP contribution is -2.12. The van der Waals surface area contributed by atoms with Crippen molar-refractivity contribution < 1.29 is 14.3 Å². The minimum Gasteiger partial charge on any atom is -0.508 e. The Morgan fingerprint density at radius 2 is 1.56 bits per heavy atom. The van der Waals surface area contributed by atoms with Gasteiger partial charge in [-0.2, -0.15) is 4.98 Å². The van der Waals surface area contributed by atoms with Crippen molar-refractivity contribution >= 4 is 46.3 Å². The number of hydrogen-bond donors (Lipinski definition) is 4. The zero-order chi connectivity index (χ0) is 22.5. The number of carbonyl (C=O) groups excluding carboxylic acids is 1. The molecule has 0 fully saturated rings. The molecule has 0 aliphatic carbocycles. The Kier molecular flexibility index (Phi) is 6.14. The number of halogens is 2. The summed E-state index contributed by atoms with van der Waals surface area (Å²) >= 11 is 6.07. The molecule has 0 saturated carbocycles. The number of phenolic OH excluding ortho intramolecular Hbond substituents is 1. The van der Waals surface area contributed by atoms with Crippen LogP contribution in [-0.4, -0.2) is 21.0 Å². The quantitative estimate of drug-likeness (QED) is 0.281. The van der Waals surface area contributed by atoms with Crippen molar-refractivity contribution in [3.63, 3.8) is 0 Å². The second kappa shape index (κ2) is 9.32. The van der Waals surface area contributed by atoms with Gasteiger partial charge in [-0.05, 0) is 60.7 Å². The van der Waals surface area contributed by atoms with Gasteiger partial charge in [-0.15, -0.1) is 0 Å². The standard InChI is InChI=1S/C23H17ClFN5O2/c24-18-3-1-2-4-20(18)29-22(32)14-5-7-15(8-6-14)27-21-19(25)13-26-23(30-21)28-16-9-11-17(31)12-10-16/h1-13,31H,(H,29,32)(H2,26,27,28,30). The summed E-state index contributed by atoms with van der Waals surface area (Å²) in [6, 6.07) is 19.7. The molecule has 9 heteroatoms. The molecule has 32 heavy (non-hydrogen) atoms. The summed E-state index contributed by atoms with van der Waals surface area (Å²) in [5, 5.41) is 18.3. The molecule has 0 atom stereocenters. The van der Waals surface area contributed by atoms with Crippen molar-refractivity contribution in [1.29, 1.82) is 0 Å². The Morgan fingerprint density at radius 3 is 2.28 bits per heavy atom. The van der Waals surface area contributed by atoms with Gasteiger partial charge in [-0.3, -0.25) is 4.79 Å². The maximum atomic E-state index is 14.2. The van der Waals surface area contributed by atoms with E-state index in [1.807, 2.05) is 0 Å². The number of nitrogens with one attached hydrogen (secondary N) is 3. The number of anilines is 5. The minimum atomic E-state index is -0.637. The van der Waals surface area contributed by atoms with E-state index >= 15 is 0 Å². The predicted octanol–water partition coefficient (Wildman–Crippen LogP) is 5.71. The number of phenols is 1. The first-order chi connectivity index (χ1) is 15.5. The third-order valence-electron chi connectivity index (χ3n) is 4.40. The summed E-state index contributed by atoms with van der Waals surface area (Å²) < 4.78 is 14.2. The van der Waals surface area contributed by atoms with E-state index in [4.69, 9.17) is 11.6 Å². The number of amides is 1. The maximum Gasteiger partial charge on any atom is 0.255 e. The molecule has 4 rings (SSSR count). The third kappa shape index (κ3) is 5.11. The third-order valence-corrected chi connectivity index (χ3v) is 4.73. The van der Waals surface area contributed by atoms with E-state index in [-0.39, 0.29) is 23.4 Å². The van der Waals surface area contributed by atoms with Gasteiger partial charge in [0.05, 0.1) is 16.9 Å². The Labute approximate surface area is 187 Å². The van der Waals surface area contributed by atoms with Crippen molar-refractivity contribution in [2.24, 2.45) is 0 Å². The van der Waals surface area contributed by atoms with Gasteiger partial charge in [0, 0.05) is 16.9 Å². The Bertz CT molecular complexity index is 1250. The van der Waals surface area contributed by atoms with Gasteiger partial charge in [0.25, 0.3) is 5.91 Å². The van der Waals surface area contributed by atoms with Gasteiger partial charge in [0.1, 0.15) is 5.75 Å². The van der Waals surface area contributed by atoms with Crippen LogP contribution in [0, 0.1) is 5.82 Å². The van der Waals surface area contributed by atoms with Crippen LogP contribution >= 0.6 is 11.6 Å². The molecule has 4 N–H and O–H groups in total. The van der Waals surface area contributed by atoms with Gasteiger partial charge in [-0.1, -0.05) is 23.7 Å². The molecule has 1 heterocycles.